The number of hydrogen-bond acceptors (Lipinski definition) is 2. The Morgan fingerprint density at radius 2 is 1.61 bits per heavy atom. The number of esters is 1. The molecule has 0 aliphatic heterocycles. The number of halogens is 1. The predicted molar refractivity (Wildman–Crippen MR) is 78.0 cm³/mol. The minimum atomic E-state index is -0.0925. The van der Waals surface area contributed by atoms with Crippen LogP contribution in [0.1, 0.15) is 51.4 Å². The summed E-state index contributed by atoms with van der Waals surface area (Å²) >= 11 is 5.50. The molecule has 0 aromatic rings. The maximum Gasteiger partial charge on any atom is 0.305 e. The fourth-order valence-electron chi connectivity index (χ4n) is 1.65. The summed E-state index contributed by atoms with van der Waals surface area (Å²) in [7, 11) is 1.44. The Bertz CT molecular complexity index is 247. The van der Waals surface area contributed by atoms with Crippen molar-refractivity contribution >= 4 is 17.6 Å². The predicted octanol–water partition coefficient (Wildman–Crippen LogP) is 4.63. The van der Waals surface area contributed by atoms with Crippen molar-refractivity contribution in [2.45, 2.75) is 51.4 Å². The maximum atomic E-state index is 10.9. The summed E-state index contributed by atoms with van der Waals surface area (Å²) in [5.41, 5.74) is 0. The topological polar surface area (TPSA) is 26.3 Å². The number of allylic oxidation sites excluding steroid dienone is 4. The first-order valence-corrected chi connectivity index (χ1v) is 7.29. The lowest BCUT2D eigenvalue weighted by Gasteiger charge is -2.00. The van der Waals surface area contributed by atoms with Crippen LogP contribution in [0.25, 0.3) is 0 Å². The largest absolute Gasteiger partial charge is 0.469 e. The molecule has 0 heterocycles. The van der Waals surface area contributed by atoms with E-state index in [0.29, 0.717) is 12.3 Å². The number of hydrogen-bond donors (Lipinski definition) is 0. The van der Waals surface area contributed by atoms with Crippen LogP contribution < -0.4 is 0 Å². The Morgan fingerprint density at radius 3 is 2.28 bits per heavy atom. The highest BCUT2D eigenvalue weighted by molar-refractivity contribution is 6.18. The average Bonchev–Trinajstić information content (AvgIpc) is 2.39. The highest BCUT2D eigenvalue weighted by Crippen LogP contribution is 2.09. The zero-order chi connectivity index (χ0) is 13.5. The van der Waals surface area contributed by atoms with E-state index in [1.54, 1.807) is 0 Å². The van der Waals surface area contributed by atoms with Crippen LogP contribution >= 0.6 is 11.6 Å². The quantitative estimate of drug-likeness (QED) is 0.237. The van der Waals surface area contributed by atoms with Gasteiger partial charge in [-0.2, -0.15) is 0 Å². The van der Waals surface area contributed by atoms with Crippen LogP contribution in [-0.2, 0) is 9.53 Å². The van der Waals surface area contributed by atoms with E-state index in [1.165, 1.54) is 32.8 Å². The van der Waals surface area contributed by atoms with Gasteiger partial charge in [0.2, 0.25) is 0 Å². The third kappa shape index (κ3) is 13.3. The van der Waals surface area contributed by atoms with Crippen LogP contribution in [-0.4, -0.2) is 19.0 Å². The number of unbranched alkanes of at least 4 members (excludes halogenated alkanes) is 6. The molecule has 0 aromatic carbocycles. The van der Waals surface area contributed by atoms with Crippen LogP contribution in [0.5, 0.6) is 0 Å². The van der Waals surface area contributed by atoms with Gasteiger partial charge in [0.15, 0.2) is 0 Å². The van der Waals surface area contributed by atoms with Crippen molar-refractivity contribution in [3.8, 4) is 0 Å². The fourth-order valence-corrected chi connectivity index (χ4v) is 1.75. The van der Waals surface area contributed by atoms with Crippen LogP contribution in [0.2, 0.25) is 0 Å². The van der Waals surface area contributed by atoms with Gasteiger partial charge >= 0.3 is 5.97 Å². The third-order valence-corrected chi connectivity index (χ3v) is 2.88. The van der Waals surface area contributed by atoms with E-state index in [-0.39, 0.29) is 5.97 Å². The molecule has 0 radical (unpaired) electrons. The average molecular weight is 273 g/mol. The summed E-state index contributed by atoms with van der Waals surface area (Å²) in [5, 5.41) is 0. The molecular weight excluding hydrogens is 248 g/mol. The minimum absolute atomic E-state index is 0.0925. The van der Waals surface area contributed by atoms with Crippen molar-refractivity contribution in [2.75, 3.05) is 13.0 Å². The first kappa shape index (κ1) is 17.2. The van der Waals surface area contributed by atoms with Crippen molar-refractivity contribution in [1.82, 2.24) is 0 Å². The molecule has 0 aliphatic rings. The van der Waals surface area contributed by atoms with E-state index in [1.807, 2.05) is 12.2 Å². The molecule has 0 spiro atoms. The van der Waals surface area contributed by atoms with E-state index < -0.39 is 0 Å². The molecule has 0 aromatic heterocycles. The van der Waals surface area contributed by atoms with Crippen LogP contribution in [0.15, 0.2) is 24.3 Å². The molecule has 2 nitrogen and oxygen atoms in total. The van der Waals surface area contributed by atoms with Gasteiger partial charge in [0.25, 0.3) is 0 Å². The molecule has 0 saturated heterocycles. The maximum absolute atomic E-state index is 10.9. The Morgan fingerprint density at radius 1 is 1.00 bits per heavy atom. The highest BCUT2D eigenvalue weighted by Gasteiger charge is 1.98. The standard InChI is InChI=1S/C15H25ClO2/c1-18-15(17)13-11-9-7-5-3-2-4-6-8-10-12-14-16/h6,8,10,12H,2-5,7,9,11,13-14H2,1H3/b8-6-,12-10-. The van der Waals surface area contributed by atoms with Crippen molar-refractivity contribution in [3.63, 3.8) is 0 Å². The van der Waals surface area contributed by atoms with Gasteiger partial charge in [-0.25, -0.2) is 0 Å². The van der Waals surface area contributed by atoms with E-state index >= 15 is 0 Å². The second-order valence-electron chi connectivity index (χ2n) is 4.25. The summed E-state index contributed by atoms with van der Waals surface area (Å²) in [6.45, 7) is 0. The van der Waals surface area contributed by atoms with Crippen molar-refractivity contribution in [2.24, 2.45) is 0 Å². The fraction of sp³-hybridized carbons (Fsp3) is 0.667. The number of carbonyl (C=O) groups is 1. The van der Waals surface area contributed by atoms with Gasteiger partial charge < -0.3 is 4.74 Å². The van der Waals surface area contributed by atoms with Gasteiger partial charge in [-0.15, -0.1) is 11.6 Å². The van der Waals surface area contributed by atoms with Gasteiger partial charge in [0.1, 0.15) is 0 Å². The number of rotatable bonds is 11. The second-order valence-corrected chi connectivity index (χ2v) is 4.56. The molecule has 0 bridgehead atoms. The molecule has 0 fully saturated rings. The molecule has 0 N–H and O–H groups in total. The molecule has 0 aliphatic carbocycles. The molecule has 0 rings (SSSR count). The first-order chi connectivity index (χ1) is 8.81. The van der Waals surface area contributed by atoms with E-state index in [4.69, 9.17) is 11.6 Å². The summed E-state index contributed by atoms with van der Waals surface area (Å²) in [4.78, 5) is 10.9. The lowest BCUT2D eigenvalue weighted by Crippen LogP contribution is -1.99. The monoisotopic (exact) mass is 272 g/mol. The number of carbonyl (C=O) groups excluding carboxylic acids is 1. The third-order valence-electron chi connectivity index (χ3n) is 2.70. The number of alkyl halides is 1. The normalized spacial score (nSPS) is 11.4. The smallest absolute Gasteiger partial charge is 0.305 e. The number of ether oxygens (including phenoxy) is 1. The molecule has 0 amide bonds. The van der Waals surface area contributed by atoms with E-state index in [0.717, 1.165) is 19.3 Å². The first-order valence-electron chi connectivity index (χ1n) is 6.75. The van der Waals surface area contributed by atoms with Gasteiger partial charge in [-0.05, 0) is 19.3 Å². The zero-order valence-corrected chi connectivity index (χ0v) is 12.1. The van der Waals surface area contributed by atoms with Crippen molar-refractivity contribution in [1.29, 1.82) is 0 Å². The molecular formula is C15H25ClO2. The molecule has 0 saturated carbocycles. The van der Waals surface area contributed by atoms with Crippen LogP contribution in [0.3, 0.4) is 0 Å². The van der Waals surface area contributed by atoms with Gasteiger partial charge in [0.05, 0.1) is 7.11 Å². The highest BCUT2D eigenvalue weighted by atomic mass is 35.5. The SMILES string of the molecule is COC(=O)CCCCCCCC/C=C\C=C/CCl. The molecule has 0 atom stereocenters. The molecule has 18 heavy (non-hydrogen) atoms. The van der Waals surface area contributed by atoms with Crippen molar-refractivity contribution in [3.05, 3.63) is 24.3 Å². The van der Waals surface area contributed by atoms with Crippen LogP contribution in [0.4, 0.5) is 0 Å². The summed E-state index contributed by atoms with van der Waals surface area (Å²) in [6, 6.07) is 0. The van der Waals surface area contributed by atoms with Crippen LogP contribution in [0, 0.1) is 0 Å². The number of methoxy groups -OCH3 is 1. The minimum Gasteiger partial charge on any atom is -0.469 e. The Hall–Kier alpha value is -0.760. The van der Waals surface area contributed by atoms with E-state index in [9.17, 15) is 4.79 Å². The van der Waals surface area contributed by atoms with Gasteiger partial charge in [-0.3, -0.25) is 4.79 Å². The second kappa shape index (κ2) is 14.3. The molecule has 3 heteroatoms. The zero-order valence-electron chi connectivity index (χ0n) is 11.4. The summed E-state index contributed by atoms with van der Waals surface area (Å²) in [5.74, 6) is 0.487. The summed E-state index contributed by atoms with van der Waals surface area (Å²) in [6.07, 6.45) is 16.9. The lowest BCUT2D eigenvalue weighted by molar-refractivity contribution is -0.140. The van der Waals surface area contributed by atoms with Gasteiger partial charge in [0, 0.05) is 12.3 Å². The Kier molecular flexibility index (Phi) is 13.7. The van der Waals surface area contributed by atoms with E-state index in [2.05, 4.69) is 16.9 Å². The summed E-state index contributed by atoms with van der Waals surface area (Å²) < 4.78 is 4.59. The van der Waals surface area contributed by atoms with Crippen molar-refractivity contribution < 1.29 is 9.53 Å². The molecule has 104 valence electrons. The van der Waals surface area contributed by atoms with Gasteiger partial charge in [-0.1, -0.05) is 50.0 Å². The molecule has 0 unspecified atom stereocenters. The Balaban J connectivity index is 3.14. The lowest BCUT2D eigenvalue weighted by atomic mass is 10.1. The Labute approximate surface area is 116 Å².